The highest BCUT2D eigenvalue weighted by Crippen LogP contribution is 2.30. The van der Waals surface area contributed by atoms with Crippen molar-refractivity contribution in [3.8, 4) is 5.75 Å². The molecule has 0 aliphatic heterocycles. The molecule has 21 heavy (non-hydrogen) atoms. The topological polar surface area (TPSA) is 47.6 Å². The summed E-state index contributed by atoms with van der Waals surface area (Å²) in [6.07, 6.45) is 2.06. The normalized spacial score (nSPS) is 13.8. The van der Waals surface area contributed by atoms with Gasteiger partial charge in [-0.05, 0) is 25.0 Å². The molecule has 1 aromatic rings. The van der Waals surface area contributed by atoms with Gasteiger partial charge in [-0.15, -0.1) is 0 Å². The van der Waals surface area contributed by atoms with Crippen LogP contribution in [0.3, 0.4) is 0 Å². The van der Waals surface area contributed by atoms with Crippen LogP contribution in [0, 0.1) is 5.92 Å². The van der Waals surface area contributed by atoms with Crippen LogP contribution in [-0.4, -0.2) is 25.3 Å². The van der Waals surface area contributed by atoms with Crippen LogP contribution < -0.4 is 9.61 Å². The zero-order valence-electron chi connectivity index (χ0n) is 13.3. The molecule has 1 N–H and O–H groups in total. The molecule has 0 saturated heterocycles. The predicted octanol–water partition coefficient (Wildman–Crippen LogP) is 3.96. The Hall–Kier alpha value is -1.12. The summed E-state index contributed by atoms with van der Waals surface area (Å²) in [6, 6.07) is 9.22. The van der Waals surface area contributed by atoms with Crippen molar-refractivity contribution in [3.63, 3.8) is 0 Å². The monoisotopic (exact) mass is 311 g/mol. The first kappa shape index (κ1) is 17.9. The number of carbonyl (C=O) groups excluding carboxylic acids is 1. The zero-order chi connectivity index (χ0) is 15.7. The molecule has 0 aliphatic carbocycles. The predicted molar refractivity (Wildman–Crippen MR) is 87.5 cm³/mol. The third-order valence-corrected chi connectivity index (χ3v) is 4.57. The van der Waals surface area contributed by atoms with Crippen LogP contribution in [0.15, 0.2) is 30.3 Å². The lowest BCUT2D eigenvalue weighted by Crippen LogP contribution is -2.33. The summed E-state index contributed by atoms with van der Waals surface area (Å²) in [7, 11) is -0.913. The van der Waals surface area contributed by atoms with Gasteiger partial charge in [0.25, 0.3) is 0 Å². The molecule has 0 bridgehead atoms. The summed E-state index contributed by atoms with van der Waals surface area (Å²) in [6.45, 7) is 8.47. The van der Waals surface area contributed by atoms with Gasteiger partial charge in [-0.1, -0.05) is 44.9 Å². The first-order chi connectivity index (χ1) is 10.1. The fourth-order valence-electron chi connectivity index (χ4n) is 1.84. The zero-order valence-corrected chi connectivity index (χ0v) is 14.2. The standard InChI is InChI=1S/C16H26NO3P/c1-5-14(6-2)12-19-16(18)13(3)17-21(4)20-15-10-8-7-9-11-15/h7-11,13-14,17H,5-6,12H2,1-4H3/t13-,21+/m0/s1. The van der Waals surface area contributed by atoms with Crippen LogP contribution in [0.2, 0.25) is 0 Å². The maximum atomic E-state index is 11.9. The van der Waals surface area contributed by atoms with Crippen molar-refractivity contribution in [2.75, 3.05) is 13.3 Å². The van der Waals surface area contributed by atoms with Crippen LogP contribution in [0.25, 0.3) is 0 Å². The molecule has 5 heteroatoms. The largest absolute Gasteiger partial charge is 0.464 e. The number of para-hydroxylation sites is 1. The molecule has 1 aromatic carbocycles. The molecule has 0 saturated carbocycles. The second-order valence-corrected chi connectivity index (χ2v) is 6.50. The van der Waals surface area contributed by atoms with Crippen molar-refractivity contribution in [3.05, 3.63) is 30.3 Å². The second-order valence-electron chi connectivity index (χ2n) is 5.07. The molecule has 0 spiro atoms. The van der Waals surface area contributed by atoms with Crippen molar-refractivity contribution in [2.24, 2.45) is 5.92 Å². The Morgan fingerprint density at radius 1 is 1.24 bits per heavy atom. The average molecular weight is 311 g/mol. The number of carbonyl (C=O) groups is 1. The summed E-state index contributed by atoms with van der Waals surface area (Å²) in [5, 5.41) is 3.16. The maximum absolute atomic E-state index is 11.9. The summed E-state index contributed by atoms with van der Waals surface area (Å²) in [4.78, 5) is 11.9. The van der Waals surface area contributed by atoms with E-state index in [2.05, 4.69) is 18.9 Å². The molecule has 0 unspecified atom stereocenters. The van der Waals surface area contributed by atoms with Crippen molar-refractivity contribution in [2.45, 2.75) is 39.7 Å². The van der Waals surface area contributed by atoms with Crippen LogP contribution in [0.4, 0.5) is 0 Å². The number of esters is 1. The van der Waals surface area contributed by atoms with Crippen molar-refractivity contribution >= 4 is 14.3 Å². The quantitative estimate of drug-likeness (QED) is 0.554. The number of nitrogens with one attached hydrogen (secondary N) is 1. The van der Waals surface area contributed by atoms with Crippen LogP contribution in [0.5, 0.6) is 5.75 Å². The Labute approximate surface area is 129 Å². The highest BCUT2D eigenvalue weighted by molar-refractivity contribution is 7.49. The van der Waals surface area contributed by atoms with E-state index < -0.39 is 8.30 Å². The van der Waals surface area contributed by atoms with Gasteiger partial charge in [0.2, 0.25) is 0 Å². The van der Waals surface area contributed by atoms with Crippen molar-refractivity contribution in [1.82, 2.24) is 5.09 Å². The Morgan fingerprint density at radius 3 is 2.43 bits per heavy atom. The van der Waals surface area contributed by atoms with Gasteiger partial charge < -0.3 is 9.26 Å². The van der Waals surface area contributed by atoms with Gasteiger partial charge >= 0.3 is 5.97 Å². The van der Waals surface area contributed by atoms with Crippen LogP contribution in [-0.2, 0) is 9.53 Å². The lowest BCUT2D eigenvalue weighted by Gasteiger charge is -2.20. The highest BCUT2D eigenvalue weighted by atomic mass is 31.2. The van der Waals surface area contributed by atoms with Gasteiger partial charge in [-0.2, -0.15) is 0 Å². The summed E-state index contributed by atoms with van der Waals surface area (Å²) in [5.74, 6) is 1.04. The van der Waals surface area contributed by atoms with Gasteiger partial charge in [0.05, 0.1) is 6.61 Å². The van der Waals surface area contributed by atoms with E-state index in [1.807, 2.05) is 43.9 Å². The molecule has 0 amide bonds. The van der Waals surface area contributed by atoms with Gasteiger partial charge in [-0.25, -0.2) is 0 Å². The smallest absolute Gasteiger partial charge is 0.323 e. The number of hydrogen-bond acceptors (Lipinski definition) is 4. The lowest BCUT2D eigenvalue weighted by molar-refractivity contribution is -0.146. The number of rotatable bonds is 9. The van der Waals surface area contributed by atoms with E-state index in [-0.39, 0.29) is 12.0 Å². The molecule has 0 aliphatic rings. The number of hydrogen-bond donors (Lipinski definition) is 1. The van der Waals surface area contributed by atoms with E-state index in [0.29, 0.717) is 12.5 Å². The first-order valence-electron chi connectivity index (χ1n) is 7.46. The van der Waals surface area contributed by atoms with Crippen LogP contribution >= 0.6 is 8.30 Å². The van der Waals surface area contributed by atoms with E-state index in [9.17, 15) is 4.79 Å². The van der Waals surface area contributed by atoms with E-state index in [4.69, 9.17) is 9.26 Å². The lowest BCUT2D eigenvalue weighted by atomic mass is 10.1. The van der Waals surface area contributed by atoms with Gasteiger partial charge in [0.15, 0.2) is 8.30 Å². The molecule has 0 fully saturated rings. The molecule has 0 heterocycles. The minimum Gasteiger partial charge on any atom is -0.464 e. The summed E-state index contributed by atoms with van der Waals surface area (Å²) >= 11 is 0. The van der Waals surface area contributed by atoms with Crippen molar-refractivity contribution in [1.29, 1.82) is 0 Å². The fourth-order valence-corrected chi connectivity index (χ4v) is 2.98. The van der Waals surface area contributed by atoms with Gasteiger partial charge in [-0.3, -0.25) is 9.88 Å². The van der Waals surface area contributed by atoms with E-state index in [0.717, 1.165) is 18.6 Å². The molecule has 0 radical (unpaired) electrons. The molecule has 4 nitrogen and oxygen atoms in total. The van der Waals surface area contributed by atoms with E-state index in [1.165, 1.54) is 0 Å². The molecule has 0 aromatic heterocycles. The summed E-state index contributed by atoms with van der Waals surface area (Å²) < 4.78 is 11.1. The molecular weight excluding hydrogens is 285 g/mol. The first-order valence-corrected chi connectivity index (χ1v) is 9.17. The number of benzene rings is 1. The average Bonchev–Trinajstić information content (AvgIpc) is 2.48. The molecule has 1 rings (SSSR count). The molecular formula is C16H26NO3P. The fraction of sp³-hybridized carbons (Fsp3) is 0.562. The maximum Gasteiger partial charge on any atom is 0.323 e. The Kier molecular flexibility index (Phi) is 8.33. The van der Waals surface area contributed by atoms with Crippen molar-refractivity contribution < 1.29 is 14.1 Å². The minimum atomic E-state index is -0.913. The third kappa shape index (κ3) is 6.92. The minimum absolute atomic E-state index is 0.215. The Balaban J connectivity index is 2.34. The van der Waals surface area contributed by atoms with Gasteiger partial charge in [0, 0.05) is 6.66 Å². The Morgan fingerprint density at radius 2 is 1.86 bits per heavy atom. The SMILES string of the molecule is CCC(CC)COC(=O)[C@H](C)N[P@@](C)Oc1ccccc1. The van der Waals surface area contributed by atoms with Crippen LogP contribution in [0.1, 0.15) is 33.6 Å². The van der Waals surface area contributed by atoms with Gasteiger partial charge in [0.1, 0.15) is 11.8 Å². The Bertz CT molecular complexity index is 409. The highest BCUT2D eigenvalue weighted by Gasteiger charge is 2.19. The molecule has 2 atom stereocenters. The van der Waals surface area contributed by atoms with E-state index >= 15 is 0 Å². The summed E-state index contributed by atoms with van der Waals surface area (Å²) in [5.41, 5.74) is 0. The third-order valence-electron chi connectivity index (χ3n) is 3.33. The molecule has 118 valence electrons. The number of ether oxygens (including phenoxy) is 1. The van der Waals surface area contributed by atoms with E-state index in [1.54, 1.807) is 0 Å². The second kappa shape index (κ2) is 9.75.